The van der Waals surface area contributed by atoms with Crippen molar-refractivity contribution in [3.05, 3.63) is 79.1 Å². The first kappa shape index (κ1) is 17.6. The highest BCUT2D eigenvalue weighted by atomic mass is 28.4. The summed E-state index contributed by atoms with van der Waals surface area (Å²) in [6.45, 7) is 8.31. The lowest BCUT2D eigenvalue weighted by Gasteiger charge is -2.43. The third-order valence-corrected chi connectivity index (χ3v) is 9.66. The summed E-state index contributed by atoms with van der Waals surface area (Å²) in [5.41, 5.74) is 0. The molecule has 0 aliphatic carbocycles. The fraction of sp³-hybridized carbons (Fsp3) is 0.286. The molecule has 3 nitrogen and oxygen atoms in total. The molecule has 0 amide bonds. The Labute approximate surface area is 151 Å². The smallest absolute Gasteiger partial charge is 0.261 e. The quantitative estimate of drug-likeness (QED) is 0.637. The van der Waals surface area contributed by atoms with Crippen LogP contribution in [0.25, 0.3) is 0 Å². The van der Waals surface area contributed by atoms with Gasteiger partial charge in [0.05, 0.1) is 13.2 Å². The van der Waals surface area contributed by atoms with Crippen LogP contribution in [0.4, 0.5) is 0 Å². The van der Waals surface area contributed by atoms with E-state index in [9.17, 15) is 0 Å². The highest BCUT2D eigenvalue weighted by Crippen LogP contribution is 2.36. The summed E-state index contributed by atoms with van der Waals surface area (Å²) in [7, 11) is -2.42. The number of benzene rings is 2. The van der Waals surface area contributed by atoms with Gasteiger partial charge in [0.2, 0.25) is 0 Å². The Hall–Kier alpha value is -2.17. The maximum Gasteiger partial charge on any atom is 0.261 e. The second-order valence-corrected chi connectivity index (χ2v) is 11.6. The second kappa shape index (κ2) is 7.38. The molecule has 0 aliphatic rings. The summed E-state index contributed by atoms with van der Waals surface area (Å²) < 4.78 is 8.75. The van der Waals surface area contributed by atoms with Crippen LogP contribution in [0.15, 0.2) is 79.1 Å². The molecule has 0 fully saturated rings. The summed E-state index contributed by atoms with van der Waals surface area (Å²) in [6.07, 6.45) is 3.79. The van der Waals surface area contributed by atoms with Gasteiger partial charge >= 0.3 is 0 Å². The van der Waals surface area contributed by atoms with Gasteiger partial charge in [-0.15, -0.1) is 0 Å². The van der Waals surface area contributed by atoms with E-state index >= 15 is 0 Å². The Kier molecular flexibility index (Phi) is 5.21. The Balaban J connectivity index is 2.02. The first-order chi connectivity index (χ1) is 12.0. The van der Waals surface area contributed by atoms with Crippen LogP contribution in [-0.4, -0.2) is 24.7 Å². The summed E-state index contributed by atoms with van der Waals surface area (Å²) in [5.74, 6) is 0. The zero-order chi connectivity index (χ0) is 17.8. The van der Waals surface area contributed by atoms with Crippen molar-refractivity contribution in [1.29, 1.82) is 0 Å². The molecule has 0 N–H and O–H groups in total. The van der Waals surface area contributed by atoms with E-state index in [0.717, 1.165) is 6.54 Å². The predicted molar refractivity (Wildman–Crippen MR) is 106 cm³/mol. The van der Waals surface area contributed by atoms with Gasteiger partial charge in [-0.25, -0.2) is 0 Å². The highest BCUT2D eigenvalue weighted by molar-refractivity contribution is 6.99. The SMILES string of the molecule is CC(C)(C)[Si](OCCn1cccn1)(c1ccccc1)c1ccccc1. The maximum atomic E-state index is 6.82. The van der Waals surface area contributed by atoms with Gasteiger partial charge < -0.3 is 4.43 Å². The molecule has 0 aliphatic heterocycles. The second-order valence-electron chi connectivity index (χ2n) is 7.28. The van der Waals surface area contributed by atoms with Gasteiger partial charge in [-0.05, 0) is 21.5 Å². The van der Waals surface area contributed by atoms with Crippen LogP contribution in [0.3, 0.4) is 0 Å². The summed E-state index contributed by atoms with van der Waals surface area (Å²) in [6, 6.07) is 23.4. The predicted octanol–water partition coefficient (Wildman–Crippen LogP) is 3.46. The molecule has 3 aromatic rings. The third-order valence-electron chi connectivity index (χ3n) is 4.61. The van der Waals surface area contributed by atoms with E-state index in [1.54, 1.807) is 0 Å². The van der Waals surface area contributed by atoms with Crippen molar-refractivity contribution < 1.29 is 4.43 Å². The molecular weight excluding hydrogens is 324 g/mol. The summed E-state index contributed by atoms with van der Waals surface area (Å²) >= 11 is 0. The normalized spacial score (nSPS) is 12.3. The van der Waals surface area contributed by atoms with E-state index in [1.165, 1.54) is 10.4 Å². The largest absolute Gasteiger partial charge is 0.406 e. The average Bonchev–Trinajstić information content (AvgIpc) is 3.13. The van der Waals surface area contributed by atoms with Crippen molar-refractivity contribution in [1.82, 2.24) is 9.78 Å². The molecule has 0 saturated heterocycles. The van der Waals surface area contributed by atoms with Gasteiger partial charge in [-0.1, -0.05) is 81.4 Å². The molecule has 1 aromatic heterocycles. The monoisotopic (exact) mass is 350 g/mol. The van der Waals surface area contributed by atoms with E-state index < -0.39 is 8.32 Å². The Bertz CT molecular complexity index is 725. The fourth-order valence-corrected chi connectivity index (χ4v) is 8.04. The van der Waals surface area contributed by atoms with Crippen LogP contribution in [0.5, 0.6) is 0 Å². The van der Waals surface area contributed by atoms with Crippen LogP contribution >= 0.6 is 0 Å². The zero-order valence-corrected chi connectivity index (χ0v) is 16.2. The maximum absolute atomic E-state index is 6.82. The molecule has 2 aromatic carbocycles. The molecular formula is C21H26N2OSi. The molecule has 3 rings (SSSR count). The Morgan fingerprint density at radius 1 is 0.880 bits per heavy atom. The fourth-order valence-electron chi connectivity index (χ4n) is 3.49. The molecule has 0 saturated carbocycles. The molecule has 4 heteroatoms. The Morgan fingerprint density at radius 3 is 1.88 bits per heavy atom. The third kappa shape index (κ3) is 3.60. The number of aromatic nitrogens is 2. The van der Waals surface area contributed by atoms with E-state index in [1.807, 2.05) is 23.1 Å². The molecule has 130 valence electrons. The van der Waals surface area contributed by atoms with E-state index in [2.05, 4.69) is 86.5 Å². The van der Waals surface area contributed by atoms with Crippen molar-refractivity contribution >= 4 is 18.7 Å². The van der Waals surface area contributed by atoms with Crippen LogP contribution in [-0.2, 0) is 11.0 Å². The molecule has 0 atom stereocenters. The minimum Gasteiger partial charge on any atom is -0.406 e. The lowest BCUT2D eigenvalue weighted by atomic mass is 10.2. The first-order valence-electron chi connectivity index (χ1n) is 8.76. The van der Waals surface area contributed by atoms with E-state index in [-0.39, 0.29) is 5.04 Å². The average molecular weight is 351 g/mol. The van der Waals surface area contributed by atoms with Crippen LogP contribution in [0.2, 0.25) is 5.04 Å². The van der Waals surface area contributed by atoms with E-state index in [0.29, 0.717) is 6.61 Å². The number of hydrogen-bond acceptors (Lipinski definition) is 2. The van der Waals surface area contributed by atoms with Crippen molar-refractivity contribution in [3.8, 4) is 0 Å². The van der Waals surface area contributed by atoms with Gasteiger partial charge in [0.15, 0.2) is 0 Å². The molecule has 0 radical (unpaired) electrons. The number of rotatable bonds is 6. The van der Waals surface area contributed by atoms with Crippen LogP contribution in [0, 0.1) is 0 Å². The summed E-state index contributed by atoms with van der Waals surface area (Å²) in [5, 5.41) is 6.94. The van der Waals surface area contributed by atoms with Crippen LogP contribution in [0.1, 0.15) is 20.8 Å². The highest BCUT2D eigenvalue weighted by Gasteiger charge is 2.49. The van der Waals surface area contributed by atoms with Crippen LogP contribution < -0.4 is 10.4 Å². The molecule has 1 heterocycles. The molecule has 0 spiro atoms. The summed E-state index contributed by atoms with van der Waals surface area (Å²) in [4.78, 5) is 0. The number of nitrogens with zero attached hydrogens (tertiary/aromatic N) is 2. The van der Waals surface area contributed by atoms with Gasteiger partial charge in [0.25, 0.3) is 8.32 Å². The van der Waals surface area contributed by atoms with Crippen molar-refractivity contribution in [2.75, 3.05) is 6.61 Å². The van der Waals surface area contributed by atoms with Crippen molar-refractivity contribution in [2.45, 2.75) is 32.4 Å². The van der Waals surface area contributed by atoms with Gasteiger partial charge in [-0.2, -0.15) is 5.10 Å². The molecule has 25 heavy (non-hydrogen) atoms. The topological polar surface area (TPSA) is 27.1 Å². The Morgan fingerprint density at radius 2 is 1.44 bits per heavy atom. The minimum absolute atomic E-state index is 0.0137. The lowest BCUT2D eigenvalue weighted by Crippen LogP contribution is -2.66. The van der Waals surface area contributed by atoms with Crippen molar-refractivity contribution in [3.63, 3.8) is 0 Å². The standard InChI is InChI=1S/C21H26N2OSi/c1-21(2,3)25(19-11-6-4-7-12-19,20-13-8-5-9-14-20)24-18-17-23-16-10-15-22-23/h4-16H,17-18H2,1-3H3. The van der Waals surface area contributed by atoms with Gasteiger partial charge in [0.1, 0.15) is 0 Å². The molecule has 0 unspecified atom stereocenters. The number of hydrogen-bond donors (Lipinski definition) is 0. The molecule has 0 bridgehead atoms. The lowest BCUT2D eigenvalue weighted by molar-refractivity contribution is 0.274. The van der Waals surface area contributed by atoms with Gasteiger partial charge in [0, 0.05) is 12.4 Å². The van der Waals surface area contributed by atoms with Gasteiger partial charge in [-0.3, -0.25) is 4.68 Å². The van der Waals surface area contributed by atoms with E-state index in [4.69, 9.17) is 4.43 Å². The first-order valence-corrected chi connectivity index (χ1v) is 10.7. The van der Waals surface area contributed by atoms with Crippen molar-refractivity contribution in [2.24, 2.45) is 0 Å². The zero-order valence-electron chi connectivity index (χ0n) is 15.2. The minimum atomic E-state index is -2.42.